The van der Waals surface area contributed by atoms with Gasteiger partial charge in [-0.25, -0.2) is 4.98 Å². The van der Waals surface area contributed by atoms with Crippen LogP contribution in [0.1, 0.15) is 17.8 Å². The summed E-state index contributed by atoms with van der Waals surface area (Å²) in [6.07, 6.45) is 2.49. The number of carbonyl (C=O) groups is 1. The van der Waals surface area contributed by atoms with Gasteiger partial charge in [0.25, 0.3) is 0 Å². The number of fused-ring (bicyclic) bond motifs is 1. The summed E-state index contributed by atoms with van der Waals surface area (Å²) in [6, 6.07) is 0. The number of thiazole rings is 1. The fourth-order valence-corrected chi connectivity index (χ4v) is 2.72. The Balaban J connectivity index is 1.72. The highest BCUT2D eigenvalue weighted by Gasteiger charge is 2.09. The maximum absolute atomic E-state index is 11.5. The number of ether oxygens (including phenoxy) is 1. The number of nitrogens with one attached hydrogen (secondary N) is 2. The molecule has 0 saturated carbocycles. The van der Waals surface area contributed by atoms with E-state index in [2.05, 4.69) is 20.0 Å². The number of hydrogen-bond donors (Lipinski definition) is 2. The predicted octanol–water partition coefficient (Wildman–Crippen LogP) is 0.947. The van der Waals surface area contributed by atoms with E-state index in [9.17, 15) is 4.79 Å². The Morgan fingerprint density at radius 2 is 2.35 bits per heavy atom. The van der Waals surface area contributed by atoms with Crippen molar-refractivity contribution in [1.29, 1.82) is 0 Å². The number of carbonyl (C=O) groups excluding carboxylic acids is 1. The molecular formula is C13H20N4O2S. The highest BCUT2D eigenvalue weighted by molar-refractivity contribution is 7.15. The SMILES string of the molecule is COCCNC(=O)CCNCc1c(C)nc2sccn12. The van der Waals surface area contributed by atoms with E-state index in [1.807, 2.05) is 18.5 Å². The number of imidazole rings is 1. The van der Waals surface area contributed by atoms with Crippen LogP contribution in [-0.4, -0.2) is 42.1 Å². The average Bonchev–Trinajstić information content (AvgIpc) is 2.97. The summed E-state index contributed by atoms with van der Waals surface area (Å²) in [5.74, 6) is 0.0419. The molecule has 2 N–H and O–H groups in total. The van der Waals surface area contributed by atoms with Crippen molar-refractivity contribution in [3.05, 3.63) is 23.0 Å². The van der Waals surface area contributed by atoms with Gasteiger partial charge in [0.2, 0.25) is 5.91 Å². The fraction of sp³-hybridized carbons (Fsp3) is 0.538. The van der Waals surface area contributed by atoms with E-state index in [0.29, 0.717) is 26.1 Å². The fourth-order valence-electron chi connectivity index (χ4n) is 1.94. The lowest BCUT2D eigenvalue weighted by Gasteiger charge is -2.06. The first-order chi connectivity index (χ1) is 9.72. The molecule has 0 radical (unpaired) electrons. The summed E-state index contributed by atoms with van der Waals surface area (Å²) in [4.78, 5) is 17.0. The Morgan fingerprint density at radius 1 is 1.50 bits per heavy atom. The molecule has 0 aliphatic rings. The second kappa shape index (κ2) is 7.37. The van der Waals surface area contributed by atoms with Crippen molar-refractivity contribution in [2.45, 2.75) is 19.9 Å². The summed E-state index contributed by atoms with van der Waals surface area (Å²) in [5, 5.41) is 8.10. The first-order valence-electron chi connectivity index (χ1n) is 6.59. The minimum absolute atomic E-state index is 0.0419. The van der Waals surface area contributed by atoms with Gasteiger partial charge in [0.1, 0.15) is 0 Å². The molecule has 7 heteroatoms. The second-order valence-electron chi connectivity index (χ2n) is 4.47. The monoisotopic (exact) mass is 296 g/mol. The molecule has 110 valence electrons. The van der Waals surface area contributed by atoms with Crippen LogP contribution in [0.5, 0.6) is 0 Å². The van der Waals surface area contributed by atoms with Crippen LogP contribution in [0.15, 0.2) is 11.6 Å². The number of aromatic nitrogens is 2. The summed E-state index contributed by atoms with van der Waals surface area (Å²) in [5.41, 5.74) is 2.19. The molecule has 0 atom stereocenters. The van der Waals surface area contributed by atoms with Gasteiger partial charge in [0, 0.05) is 44.7 Å². The third-order valence-electron chi connectivity index (χ3n) is 3.01. The summed E-state index contributed by atoms with van der Waals surface area (Å²) >= 11 is 1.63. The second-order valence-corrected chi connectivity index (χ2v) is 5.34. The third-order valence-corrected chi connectivity index (χ3v) is 3.77. The van der Waals surface area contributed by atoms with Gasteiger partial charge in [-0.15, -0.1) is 11.3 Å². The van der Waals surface area contributed by atoms with Crippen LogP contribution < -0.4 is 10.6 Å². The van der Waals surface area contributed by atoms with Crippen LogP contribution >= 0.6 is 11.3 Å². The lowest BCUT2D eigenvalue weighted by molar-refractivity contribution is -0.121. The lowest BCUT2D eigenvalue weighted by atomic mass is 10.3. The highest BCUT2D eigenvalue weighted by atomic mass is 32.1. The number of rotatable bonds is 8. The van der Waals surface area contributed by atoms with Gasteiger partial charge >= 0.3 is 0 Å². The Kier molecular flexibility index (Phi) is 5.51. The first kappa shape index (κ1) is 15.0. The highest BCUT2D eigenvalue weighted by Crippen LogP contribution is 2.16. The molecule has 0 bridgehead atoms. The van der Waals surface area contributed by atoms with Crippen LogP contribution in [-0.2, 0) is 16.1 Å². The number of methoxy groups -OCH3 is 1. The van der Waals surface area contributed by atoms with Crippen molar-refractivity contribution < 1.29 is 9.53 Å². The van der Waals surface area contributed by atoms with Crippen molar-refractivity contribution in [3.8, 4) is 0 Å². The molecule has 0 spiro atoms. The molecule has 2 rings (SSSR count). The van der Waals surface area contributed by atoms with Crippen molar-refractivity contribution in [1.82, 2.24) is 20.0 Å². The number of nitrogens with zero attached hydrogens (tertiary/aromatic N) is 2. The van der Waals surface area contributed by atoms with Gasteiger partial charge < -0.3 is 15.4 Å². The Bertz CT molecular complexity index is 564. The molecule has 0 aliphatic heterocycles. The number of hydrogen-bond acceptors (Lipinski definition) is 5. The standard InChI is InChI=1S/C13H20N4O2S/c1-10-11(17-6-8-20-13(17)16-10)9-14-4-3-12(18)15-5-7-19-2/h6,8,14H,3-5,7,9H2,1-2H3,(H,15,18). The molecule has 1 amide bonds. The van der Waals surface area contributed by atoms with Crippen molar-refractivity contribution in [2.75, 3.05) is 26.8 Å². The average molecular weight is 296 g/mol. The zero-order chi connectivity index (χ0) is 14.4. The van der Waals surface area contributed by atoms with Crippen molar-refractivity contribution >= 4 is 22.2 Å². The number of amides is 1. The molecule has 2 heterocycles. The van der Waals surface area contributed by atoms with E-state index in [-0.39, 0.29) is 5.91 Å². The van der Waals surface area contributed by atoms with Gasteiger partial charge in [-0.2, -0.15) is 0 Å². The van der Waals surface area contributed by atoms with Crippen molar-refractivity contribution in [3.63, 3.8) is 0 Å². The summed E-state index contributed by atoms with van der Waals surface area (Å²) in [6.45, 7) is 4.48. The molecular weight excluding hydrogens is 276 g/mol. The molecule has 0 aliphatic carbocycles. The van der Waals surface area contributed by atoms with E-state index < -0.39 is 0 Å². The van der Waals surface area contributed by atoms with E-state index in [4.69, 9.17) is 4.74 Å². The van der Waals surface area contributed by atoms with E-state index in [1.54, 1.807) is 18.4 Å². The minimum atomic E-state index is 0.0419. The third kappa shape index (κ3) is 3.78. The zero-order valence-corrected chi connectivity index (χ0v) is 12.6. The van der Waals surface area contributed by atoms with E-state index >= 15 is 0 Å². The maximum Gasteiger partial charge on any atom is 0.221 e. The Labute approximate surface area is 122 Å². The predicted molar refractivity (Wildman–Crippen MR) is 79.0 cm³/mol. The topological polar surface area (TPSA) is 67.7 Å². The molecule has 0 fully saturated rings. The Hall–Kier alpha value is -1.44. The van der Waals surface area contributed by atoms with Crippen molar-refractivity contribution in [2.24, 2.45) is 0 Å². The van der Waals surface area contributed by atoms with Gasteiger partial charge in [0.15, 0.2) is 4.96 Å². The van der Waals surface area contributed by atoms with Crippen LogP contribution in [0.2, 0.25) is 0 Å². The molecule has 0 unspecified atom stereocenters. The first-order valence-corrected chi connectivity index (χ1v) is 7.47. The molecule has 20 heavy (non-hydrogen) atoms. The maximum atomic E-state index is 11.5. The molecule has 0 saturated heterocycles. The van der Waals surface area contributed by atoms with E-state index in [1.165, 1.54) is 0 Å². The normalized spacial score (nSPS) is 11.1. The summed E-state index contributed by atoms with van der Waals surface area (Å²) in [7, 11) is 1.62. The number of aryl methyl sites for hydroxylation is 1. The van der Waals surface area contributed by atoms with E-state index in [0.717, 1.165) is 22.9 Å². The van der Waals surface area contributed by atoms with Gasteiger partial charge in [-0.1, -0.05) is 0 Å². The van der Waals surface area contributed by atoms with Crippen LogP contribution in [0.25, 0.3) is 4.96 Å². The summed E-state index contributed by atoms with van der Waals surface area (Å²) < 4.78 is 6.96. The minimum Gasteiger partial charge on any atom is -0.383 e. The van der Waals surface area contributed by atoms with Gasteiger partial charge in [-0.3, -0.25) is 9.20 Å². The largest absolute Gasteiger partial charge is 0.383 e. The smallest absolute Gasteiger partial charge is 0.221 e. The van der Waals surface area contributed by atoms with Crippen LogP contribution in [0, 0.1) is 6.92 Å². The quantitative estimate of drug-likeness (QED) is 0.712. The molecule has 2 aromatic heterocycles. The zero-order valence-electron chi connectivity index (χ0n) is 11.8. The van der Waals surface area contributed by atoms with Gasteiger partial charge in [0.05, 0.1) is 18.0 Å². The van der Waals surface area contributed by atoms with Crippen LogP contribution in [0.4, 0.5) is 0 Å². The van der Waals surface area contributed by atoms with Gasteiger partial charge in [-0.05, 0) is 6.92 Å². The lowest BCUT2D eigenvalue weighted by Crippen LogP contribution is -2.30. The molecule has 2 aromatic rings. The molecule has 6 nitrogen and oxygen atoms in total. The molecule has 0 aromatic carbocycles. The van der Waals surface area contributed by atoms with Crippen LogP contribution in [0.3, 0.4) is 0 Å². The Morgan fingerprint density at radius 3 is 3.15 bits per heavy atom.